The first-order chi connectivity index (χ1) is 15.5. The molecule has 4 rings (SSSR count). The minimum atomic E-state index is -1.03. The van der Waals surface area contributed by atoms with Crippen molar-refractivity contribution in [2.45, 2.75) is 37.8 Å². The van der Waals surface area contributed by atoms with Crippen LogP contribution >= 0.6 is 11.8 Å². The Morgan fingerprint density at radius 1 is 1.12 bits per heavy atom. The molecule has 8 heteroatoms. The van der Waals surface area contributed by atoms with Crippen LogP contribution in [0.2, 0.25) is 0 Å². The molecule has 32 heavy (non-hydrogen) atoms. The SMILES string of the molecule is CCC[C@H](NC(=O)OCC1c2ccccc2-c2ccccc21)C(=O)N1CSC[C@H]1C(=O)O. The molecule has 7 nitrogen and oxygen atoms in total. The molecule has 1 aliphatic carbocycles. The van der Waals surface area contributed by atoms with E-state index in [0.717, 1.165) is 22.3 Å². The first-order valence-electron chi connectivity index (χ1n) is 10.7. The highest BCUT2D eigenvalue weighted by Crippen LogP contribution is 2.44. The highest BCUT2D eigenvalue weighted by atomic mass is 32.2. The van der Waals surface area contributed by atoms with Crippen molar-refractivity contribution >= 4 is 29.7 Å². The van der Waals surface area contributed by atoms with Gasteiger partial charge in [0, 0.05) is 11.7 Å². The number of aliphatic carboxylic acids is 1. The molecule has 1 fully saturated rings. The van der Waals surface area contributed by atoms with Crippen molar-refractivity contribution in [2.75, 3.05) is 18.2 Å². The van der Waals surface area contributed by atoms with Gasteiger partial charge >= 0.3 is 12.1 Å². The number of amides is 2. The summed E-state index contributed by atoms with van der Waals surface area (Å²) < 4.78 is 5.56. The number of hydrogen-bond donors (Lipinski definition) is 2. The molecule has 2 aromatic carbocycles. The third-order valence-electron chi connectivity index (χ3n) is 5.96. The topological polar surface area (TPSA) is 95.9 Å². The van der Waals surface area contributed by atoms with Gasteiger partial charge in [-0.3, -0.25) is 4.79 Å². The summed E-state index contributed by atoms with van der Waals surface area (Å²) in [4.78, 5) is 38.4. The molecule has 1 aliphatic heterocycles. The fourth-order valence-electron chi connectivity index (χ4n) is 4.39. The van der Waals surface area contributed by atoms with Crippen LogP contribution in [-0.2, 0) is 14.3 Å². The van der Waals surface area contributed by atoms with E-state index in [0.29, 0.717) is 24.5 Å². The number of thioether (sulfide) groups is 1. The molecule has 2 N–H and O–H groups in total. The summed E-state index contributed by atoms with van der Waals surface area (Å²) in [5.41, 5.74) is 4.51. The van der Waals surface area contributed by atoms with Gasteiger partial charge in [-0.15, -0.1) is 11.8 Å². The molecule has 2 atom stereocenters. The van der Waals surface area contributed by atoms with Crippen LogP contribution in [0.3, 0.4) is 0 Å². The van der Waals surface area contributed by atoms with Crippen LogP contribution in [0.15, 0.2) is 48.5 Å². The van der Waals surface area contributed by atoms with Gasteiger partial charge in [-0.1, -0.05) is 61.9 Å². The van der Waals surface area contributed by atoms with E-state index in [9.17, 15) is 19.5 Å². The number of carboxylic acid groups (broad SMARTS) is 1. The smallest absolute Gasteiger partial charge is 0.407 e. The number of ether oxygens (including phenoxy) is 1. The third-order valence-corrected chi connectivity index (χ3v) is 6.97. The van der Waals surface area contributed by atoms with Crippen molar-refractivity contribution in [1.82, 2.24) is 10.2 Å². The lowest BCUT2D eigenvalue weighted by Gasteiger charge is -2.26. The molecule has 0 radical (unpaired) electrons. The van der Waals surface area contributed by atoms with E-state index in [2.05, 4.69) is 17.4 Å². The van der Waals surface area contributed by atoms with Crippen molar-refractivity contribution in [3.8, 4) is 11.1 Å². The number of benzene rings is 2. The zero-order valence-electron chi connectivity index (χ0n) is 17.8. The van der Waals surface area contributed by atoms with Crippen LogP contribution in [0, 0.1) is 0 Å². The summed E-state index contributed by atoms with van der Waals surface area (Å²) in [6.07, 6.45) is 0.410. The molecule has 0 saturated carbocycles. The molecule has 0 spiro atoms. The number of carbonyl (C=O) groups excluding carboxylic acids is 2. The largest absolute Gasteiger partial charge is 0.480 e. The van der Waals surface area contributed by atoms with E-state index in [1.54, 1.807) is 0 Å². The number of rotatable bonds is 7. The molecule has 168 valence electrons. The van der Waals surface area contributed by atoms with E-state index < -0.39 is 24.1 Å². The molecule has 1 heterocycles. The van der Waals surface area contributed by atoms with E-state index in [-0.39, 0.29) is 18.4 Å². The number of fused-ring (bicyclic) bond motifs is 3. The first-order valence-corrected chi connectivity index (χ1v) is 11.9. The van der Waals surface area contributed by atoms with Crippen molar-refractivity contribution in [1.29, 1.82) is 0 Å². The zero-order valence-corrected chi connectivity index (χ0v) is 18.6. The predicted octanol–water partition coefficient (Wildman–Crippen LogP) is 3.68. The molecule has 1 saturated heterocycles. The van der Waals surface area contributed by atoms with Gasteiger partial charge in [0.2, 0.25) is 5.91 Å². The Balaban J connectivity index is 1.42. The van der Waals surface area contributed by atoms with E-state index in [1.165, 1.54) is 16.7 Å². The van der Waals surface area contributed by atoms with Crippen molar-refractivity contribution in [3.63, 3.8) is 0 Å². The summed E-state index contributed by atoms with van der Waals surface area (Å²) in [6, 6.07) is 14.5. The van der Waals surface area contributed by atoms with Crippen LogP contribution < -0.4 is 5.32 Å². The van der Waals surface area contributed by atoms with Crippen LogP contribution in [0.4, 0.5) is 4.79 Å². The molecular weight excluding hydrogens is 428 g/mol. The van der Waals surface area contributed by atoms with Crippen molar-refractivity contribution in [3.05, 3.63) is 59.7 Å². The van der Waals surface area contributed by atoms with Gasteiger partial charge in [0.05, 0.1) is 5.88 Å². The molecule has 2 aliphatic rings. The summed E-state index contributed by atoms with van der Waals surface area (Å²) in [5, 5.41) is 12.0. The van der Waals surface area contributed by atoms with Crippen molar-refractivity contribution < 1.29 is 24.2 Å². The first kappa shape index (κ1) is 22.2. The second kappa shape index (κ2) is 9.65. The molecular formula is C24H26N2O5S. The Morgan fingerprint density at radius 3 is 2.34 bits per heavy atom. The number of alkyl carbamates (subject to hydrolysis) is 1. The molecule has 0 aromatic heterocycles. The van der Waals surface area contributed by atoms with Gasteiger partial charge in [0.1, 0.15) is 18.7 Å². The zero-order chi connectivity index (χ0) is 22.7. The maximum absolute atomic E-state index is 13.0. The molecule has 0 unspecified atom stereocenters. The second-order valence-electron chi connectivity index (χ2n) is 7.97. The minimum Gasteiger partial charge on any atom is -0.480 e. The Morgan fingerprint density at radius 2 is 1.75 bits per heavy atom. The van der Waals surface area contributed by atoms with Gasteiger partial charge in [-0.2, -0.15) is 0 Å². The quantitative estimate of drug-likeness (QED) is 0.663. The van der Waals surface area contributed by atoms with Gasteiger partial charge in [-0.05, 0) is 28.7 Å². The Kier molecular flexibility index (Phi) is 6.69. The van der Waals surface area contributed by atoms with Gasteiger partial charge in [-0.25, -0.2) is 9.59 Å². The highest BCUT2D eigenvalue weighted by Gasteiger charge is 2.38. The highest BCUT2D eigenvalue weighted by molar-refractivity contribution is 7.99. The molecule has 0 bridgehead atoms. The van der Waals surface area contributed by atoms with E-state index >= 15 is 0 Å². The Hall–Kier alpha value is -3.00. The Bertz CT molecular complexity index is 981. The number of nitrogens with one attached hydrogen (secondary N) is 1. The predicted molar refractivity (Wildman–Crippen MR) is 122 cm³/mol. The second-order valence-corrected chi connectivity index (χ2v) is 8.97. The van der Waals surface area contributed by atoms with Crippen molar-refractivity contribution in [2.24, 2.45) is 0 Å². The van der Waals surface area contributed by atoms with Crippen LogP contribution in [0.25, 0.3) is 11.1 Å². The number of nitrogens with zero attached hydrogens (tertiary/aromatic N) is 1. The maximum Gasteiger partial charge on any atom is 0.407 e. The number of carbonyl (C=O) groups is 3. The molecule has 2 aromatic rings. The summed E-state index contributed by atoms with van der Waals surface area (Å²) in [6.45, 7) is 2.07. The third kappa shape index (κ3) is 4.32. The maximum atomic E-state index is 13.0. The van der Waals surface area contributed by atoms with E-state index in [1.807, 2.05) is 43.3 Å². The minimum absolute atomic E-state index is 0.0696. The average Bonchev–Trinajstić information content (AvgIpc) is 3.40. The van der Waals surface area contributed by atoms with Gasteiger partial charge in [0.25, 0.3) is 0 Å². The van der Waals surface area contributed by atoms with Gasteiger partial charge in [0.15, 0.2) is 0 Å². The van der Waals surface area contributed by atoms with Crippen LogP contribution in [0.5, 0.6) is 0 Å². The monoisotopic (exact) mass is 454 g/mol. The fourth-order valence-corrected chi connectivity index (χ4v) is 5.55. The summed E-state index contributed by atoms with van der Waals surface area (Å²) >= 11 is 1.40. The average molecular weight is 455 g/mol. The standard InChI is InChI=1S/C24H26N2O5S/c1-2-7-20(22(27)26-14-32-13-21(26)23(28)29)25-24(30)31-12-19-17-10-5-3-8-15(17)16-9-4-6-11-18(16)19/h3-6,8-11,19-21H,2,7,12-14H2,1H3,(H,25,30)(H,28,29)/t20-,21-/m0/s1. The fraction of sp³-hybridized carbons (Fsp3) is 0.375. The Labute approximate surface area is 191 Å². The lowest BCUT2D eigenvalue weighted by atomic mass is 9.98. The summed E-state index contributed by atoms with van der Waals surface area (Å²) in [5.74, 6) is -0.815. The number of hydrogen-bond acceptors (Lipinski definition) is 5. The van der Waals surface area contributed by atoms with Gasteiger partial charge < -0.3 is 20.1 Å². The van der Waals surface area contributed by atoms with E-state index in [4.69, 9.17) is 4.74 Å². The van der Waals surface area contributed by atoms with Crippen LogP contribution in [0.1, 0.15) is 36.8 Å². The normalized spacial score (nSPS) is 18.0. The lowest BCUT2D eigenvalue weighted by molar-refractivity contribution is -0.148. The molecule has 2 amide bonds. The summed E-state index contributed by atoms with van der Waals surface area (Å²) in [7, 11) is 0. The number of carboxylic acids is 1. The van der Waals surface area contributed by atoms with Crippen LogP contribution in [-0.4, -0.2) is 58.3 Å². The lowest BCUT2D eigenvalue weighted by Crippen LogP contribution is -2.52.